The first-order valence-electron chi connectivity index (χ1n) is 6.13. The molecule has 1 heterocycles. The van der Waals surface area contributed by atoms with Gasteiger partial charge in [-0.15, -0.1) is 0 Å². The molecule has 0 aliphatic carbocycles. The Bertz CT molecular complexity index is 555. The predicted molar refractivity (Wildman–Crippen MR) is 74.0 cm³/mol. The zero-order valence-corrected chi connectivity index (χ0v) is 11.3. The summed E-state index contributed by atoms with van der Waals surface area (Å²) in [5.74, 6) is 0.362. The number of hydrogen-bond donors (Lipinski definition) is 1. The van der Waals surface area contributed by atoms with Gasteiger partial charge < -0.3 is 10.1 Å². The molecule has 0 aliphatic rings. The van der Waals surface area contributed by atoms with Gasteiger partial charge in [0.15, 0.2) is 0 Å². The summed E-state index contributed by atoms with van der Waals surface area (Å²) in [6.45, 7) is 4.05. The molecule has 1 N–H and O–H groups in total. The number of anilines is 1. The maximum atomic E-state index is 12.8. The van der Waals surface area contributed by atoms with Crippen molar-refractivity contribution in [1.29, 1.82) is 0 Å². The Morgan fingerprint density at radius 1 is 1.26 bits per heavy atom. The van der Waals surface area contributed by atoms with Crippen molar-refractivity contribution in [2.75, 3.05) is 12.4 Å². The SMILES string of the molecule is COc1cc(C)ccc1C(C)Nc1ccc(F)nc1. The van der Waals surface area contributed by atoms with E-state index in [1.807, 2.05) is 32.0 Å². The minimum atomic E-state index is -0.480. The molecule has 1 atom stereocenters. The van der Waals surface area contributed by atoms with Crippen molar-refractivity contribution in [1.82, 2.24) is 4.98 Å². The maximum absolute atomic E-state index is 12.8. The van der Waals surface area contributed by atoms with Crippen LogP contribution in [0.4, 0.5) is 10.1 Å². The second kappa shape index (κ2) is 5.69. The Labute approximate surface area is 112 Å². The van der Waals surface area contributed by atoms with Crippen LogP contribution in [0.5, 0.6) is 5.75 Å². The summed E-state index contributed by atoms with van der Waals surface area (Å²) in [4.78, 5) is 3.62. The highest BCUT2D eigenvalue weighted by Crippen LogP contribution is 2.28. The van der Waals surface area contributed by atoms with E-state index in [2.05, 4.69) is 10.3 Å². The van der Waals surface area contributed by atoms with Crippen molar-refractivity contribution in [2.45, 2.75) is 19.9 Å². The second-order valence-electron chi connectivity index (χ2n) is 4.48. The van der Waals surface area contributed by atoms with Crippen LogP contribution in [0.1, 0.15) is 24.1 Å². The number of aryl methyl sites for hydroxylation is 1. The molecule has 1 aromatic carbocycles. The molecule has 100 valence electrons. The molecule has 0 radical (unpaired) electrons. The number of benzene rings is 1. The number of nitrogens with zero attached hydrogens (tertiary/aromatic N) is 1. The van der Waals surface area contributed by atoms with Gasteiger partial charge in [0.05, 0.1) is 25.0 Å². The minimum Gasteiger partial charge on any atom is -0.496 e. The van der Waals surface area contributed by atoms with E-state index >= 15 is 0 Å². The highest BCUT2D eigenvalue weighted by atomic mass is 19.1. The number of halogens is 1. The second-order valence-corrected chi connectivity index (χ2v) is 4.48. The molecule has 0 bridgehead atoms. The standard InChI is InChI=1S/C15H17FN2O/c1-10-4-6-13(14(8-10)19-3)11(2)18-12-5-7-15(16)17-9-12/h4-9,11,18H,1-3H3. The molecule has 0 saturated carbocycles. The van der Waals surface area contributed by atoms with E-state index in [0.717, 1.165) is 22.6 Å². The highest BCUT2D eigenvalue weighted by molar-refractivity contribution is 5.46. The zero-order chi connectivity index (χ0) is 13.8. The first-order valence-corrected chi connectivity index (χ1v) is 6.13. The lowest BCUT2D eigenvalue weighted by atomic mass is 10.0. The van der Waals surface area contributed by atoms with Crippen LogP contribution in [-0.4, -0.2) is 12.1 Å². The number of nitrogens with one attached hydrogen (secondary N) is 1. The fourth-order valence-electron chi connectivity index (χ4n) is 1.97. The van der Waals surface area contributed by atoms with Crippen LogP contribution >= 0.6 is 0 Å². The van der Waals surface area contributed by atoms with Gasteiger partial charge in [0, 0.05) is 5.56 Å². The molecule has 0 saturated heterocycles. The Morgan fingerprint density at radius 3 is 2.68 bits per heavy atom. The van der Waals surface area contributed by atoms with Crippen LogP contribution in [0.2, 0.25) is 0 Å². The molecular formula is C15H17FN2O. The zero-order valence-electron chi connectivity index (χ0n) is 11.3. The van der Waals surface area contributed by atoms with E-state index in [0.29, 0.717) is 0 Å². The first-order chi connectivity index (χ1) is 9.10. The van der Waals surface area contributed by atoms with Crippen LogP contribution in [-0.2, 0) is 0 Å². The summed E-state index contributed by atoms with van der Waals surface area (Å²) in [5.41, 5.74) is 2.98. The molecule has 0 fully saturated rings. The van der Waals surface area contributed by atoms with E-state index in [-0.39, 0.29) is 6.04 Å². The molecule has 4 heteroatoms. The summed E-state index contributed by atoms with van der Waals surface area (Å²) >= 11 is 0. The number of aromatic nitrogens is 1. The summed E-state index contributed by atoms with van der Waals surface area (Å²) < 4.78 is 18.1. The summed E-state index contributed by atoms with van der Waals surface area (Å²) in [5, 5.41) is 3.27. The Balaban J connectivity index is 2.19. The van der Waals surface area contributed by atoms with E-state index in [9.17, 15) is 4.39 Å². The molecule has 2 rings (SSSR count). The van der Waals surface area contributed by atoms with E-state index in [1.54, 1.807) is 13.2 Å². The van der Waals surface area contributed by atoms with Gasteiger partial charge in [0.2, 0.25) is 5.95 Å². The summed E-state index contributed by atoms with van der Waals surface area (Å²) in [6.07, 6.45) is 1.48. The monoisotopic (exact) mass is 260 g/mol. The quantitative estimate of drug-likeness (QED) is 0.851. The first kappa shape index (κ1) is 13.3. The van der Waals surface area contributed by atoms with Gasteiger partial charge in [-0.25, -0.2) is 4.98 Å². The molecular weight excluding hydrogens is 243 g/mol. The van der Waals surface area contributed by atoms with Crippen LogP contribution in [0, 0.1) is 12.9 Å². The van der Waals surface area contributed by atoms with Gasteiger partial charge >= 0.3 is 0 Å². The third kappa shape index (κ3) is 3.22. The summed E-state index contributed by atoms with van der Waals surface area (Å²) in [6, 6.07) is 9.11. The van der Waals surface area contributed by atoms with Crippen molar-refractivity contribution in [2.24, 2.45) is 0 Å². The van der Waals surface area contributed by atoms with Crippen LogP contribution in [0.3, 0.4) is 0 Å². The number of pyridine rings is 1. The van der Waals surface area contributed by atoms with Gasteiger partial charge in [-0.2, -0.15) is 4.39 Å². The van der Waals surface area contributed by atoms with Crippen molar-refractivity contribution < 1.29 is 9.13 Å². The Morgan fingerprint density at radius 2 is 2.05 bits per heavy atom. The van der Waals surface area contributed by atoms with Gasteiger partial charge in [-0.3, -0.25) is 0 Å². The number of rotatable bonds is 4. The number of hydrogen-bond acceptors (Lipinski definition) is 3. The van der Waals surface area contributed by atoms with Crippen molar-refractivity contribution in [3.8, 4) is 5.75 Å². The molecule has 3 nitrogen and oxygen atoms in total. The maximum Gasteiger partial charge on any atom is 0.212 e. The Hall–Kier alpha value is -2.10. The fourth-order valence-corrected chi connectivity index (χ4v) is 1.97. The molecule has 0 amide bonds. The van der Waals surface area contributed by atoms with Gasteiger partial charge in [-0.1, -0.05) is 12.1 Å². The average Bonchev–Trinajstić information content (AvgIpc) is 2.41. The van der Waals surface area contributed by atoms with Crippen LogP contribution in [0.25, 0.3) is 0 Å². The van der Waals surface area contributed by atoms with Gasteiger partial charge in [-0.05, 0) is 37.6 Å². The largest absolute Gasteiger partial charge is 0.496 e. The molecule has 1 aromatic heterocycles. The normalized spacial score (nSPS) is 12.0. The predicted octanol–water partition coefficient (Wildman–Crippen LogP) is 3.71. The van der Waals surface area contributed by atoms with E-state index < -0.39 is 5.95 Å². The lowest BCUT2D eigenvalue weighted by Gasteiger charge is -2.18. The Kier molecular flexibility index (Phi) is 4.00. The third-order valence-electron chi connectivity index (χ3n) is 2.97. The fraction of sp³-hybridized carbons (Fsp3) is 0.267. The van der Waals surface area contributed by atoms with Crippen molar-refractivity contribution in [3.63, 3.8) is 0 Å². The molecule has 0 spiro atoms. The molecule has 2 aromatic rings. The lowest BCUT2D eigenvalue weighted by Crippen LogP contribution is -2.08. The highest BCUT2D eigenvalue weighted by Gasteiger charge is 2.11. The molecule has 1 unspecified atom stereocenters. The third-order valence-corrected chi connectivity index (χ3v) is 2.97. The van der Waals surface area contributed by atoms with Gasteiger partial charge in [0.1, 0.15) is 5.75 Å². The van der Waals surface area contributed by atoms with E-state index in [4.69, 9.17) is 4.74 Å². The minimum absolute atomic E-state index is 0.0443. The van der Waals surface area contributed by atoms with Crippen LogP contribution < -0.4 is 10.1 Å². The molecule has 0 aliphatic heterocycles. The van der Waals surface area contributed by atoms with E-state index in [1.165, 1.54) is 12.3 Å². The van der Waals surface area contributed by atoms with Crippen molar-refractivity contribution >= 4 is 5.69 Å². The lowest BCUT2D eigenvalue weighted by molar-refractivity contribution is 0.407. The average molecular weight is 260 g/mol. The number of ether oxygens (including phenoxy) is 1. The summed E-state index contributed by atoms with van der Waals surface area (Å²) in [7, 11) is 1.66. The number of methoxy groups -OCH3 is 1. The molecule has 19 heavy (non-hydrogen) atoms. The van der Waals surface area contributed by atoms with Crippen LogP contribution in [0.15, 0.2) is 36.5 Å². The smallest absolute Gasteiger partial charge is 0.212 e. The van der Waals surface area contributed by atoms with Gasteiger partial charge in [0.25, 0.3) is 0 Å². The van der Waals surface area contributed by atoms with Crippen molar-refractivity contribution in [3.05, 3.63) is 53.6 Å². The topological polar surface area (TPSA) is 34.1 Å².